The summed E-state index contributed by atoms with van der Waals surface area (Å²) >= 11 is 0. The van der Waals surface area contributed by atoms with Crippen molar-refractivity contribution in [3.63, 3.8) is 0 Å². The van der Waals surface area contributed by atoms with Gasteiger partial charge in [0.15, 0.2) is 0 Å². The van der Waals surface area contributed by atoms with Crippen molar-refractivity contribution in [2.45, 2.75) is 19.3 Å². The predicted octanol–water partition coefficient (Wildman–Crippen LogP) is 2.43. The van der Waals surface area contributed by atoms with Crippen molar-refractivity contribution in [3.05, 3.63) is 34.9 Å². The SMILES string of the molecule is COC(=O)CCc1cc(C(=O)O)ccc1C(F)F. The number of esters is 1. The molecule has 0 saturated carbocycles. The van der Waals surface area contributed by atoms with Gasteiger partial charge in [-0.05, 0) is 24.1 Å². The van der Waals surface area contributed by atoms with Crippen LogP contribution in [0.15, 0.2) is 18.2 Å². The number of carboxylic acids is 1. The normalized spacial score (nSPS) is 10.4. The van der Waals surface area contributed by atoms with Crippen LogP contribution in [0.5, 0.6) is 0 Å². The number of methoxy groups -OCH3 is 1. The number of rotatable bonds is 5. The first kappa shape index (κ1) is 14.1. The number of alkyl halides is 2. The minimum Gasteiger partial charge on any atom is -0.478 e. The van der Waals surface area contributed by atoms with Crippen LogP contribution in [-0.4, -0.2) is 24.2 Å². The summed E-state index contributed by atoms with van der Waals surface area (Å²) in [6.45, 7) is 0. The topological polar surface area (TPSA) is 63.6 Å². The second-order valence-corrected chi connectivity index (χ2v) is 3.60. The zero-order chi connectivity index (χ0) is 13.7. The molecule has 0 radical (unpaired) electrons. The van der Waals surface area contributed by atoms with E-state index in [1.807, 2.05) is 0 Å². The number of hydrogen-bond acceptors (Lipinski definition) is 3. The molecule has 1 rings (SSSR count). The maximum absolute atomic E-state index is 12.7. The van der Waals surface area contributed by atoms with E-state index in [2.05, 4.69) is 4.74 Å². The van der Waals surface area contributed by atoms with E-state index in [0.29, 0.717) is 0 Å². The van der Waals surface area contributed by atoms with Gasteiger partial charge in [-0.1, -0.05) is 6.07 Å². The summed E-state index contributed by atoms with van der Waals surface area (Å²) in [6, 6.07) is 3.35. The highest BCUT2D eigenvalue weighted by atomic mass is 19.3. The Bertz CT molecular complexity index is 457. The second-order valence-electron chi connectivity index (χ2n) is 3.60. The minimum atomic E-state index is -2.71. The monoisotopic (exact) mass is 258 g/mol. The quantitative estimate of drug-likeness (QED) is 0.824. The Hall–Kier alpha value is -1.98. The molecular weight excluding hydrogens is 246 g/mol. The maximum atomic E-state index is 12.7. The van der Waals surface area contributed by atoms with Gasteiger partial charge in [-0.25, -0.2) is 13.6 Å². The van der Waals surface area contributed by atoms with Gasteiger partial charge < -0.3 is 9.84 Å². The third-order valence-corrected chi connectivity index (χ3v) is 2.45. The Morgan fingerprint density at radius 1 is 1.39 bits per heavy atom. The molecule has 0 spiro atoms. The van der Waals surface area contributed by atoms with E-state index in [0.717, 1.165) is 18.2 Å². The van der Waals surface area contributed by atoms with Gasteiger partial charge in [-0.3, -0.25) is 4.79 Å². The molecule has 0 saturated heterocycles. The Morgan fingerprint density at radius 3 is 2.56 bits per heavy atom. The largest absolute Gasteiger partial charge is 0.478 e. The van der Waals surface area contributed by atoms with Gasteiger partial charge in [0.1, 0.15) is 0 Å². The molecule has 98 valence electrons. The third kappa shape index (κ3) is 3.51. The number of halogens is 2. The molecule has 0 aliphatic rings. The van der Waals surface area contributed by atoms with Crippen LogP contribution in [0, 0.1) is 0 Å². The molecule has 0 atom stereocenters. The second kappa shape index (κ2) is 6.09. The van der Waals surface area contributed by atoms with Crippen molar-refractivity contribution >= 4 is 11.9 Å². The van der Waals surface area contributed by atoms with Crippen LogP contribution in [0.4, 0.5) is 8.78 Å². The highest BCUT2D eigenvalue weighted by Gasteiger charge is 2.16. The number of carbonyl (C=O) groups excluding carboxylic acids is 1. The molecule has 1 N–H and O–H groups in total. The minimum absolute atomic E-state index is 0.0213. The number of benzene rings is 1. The smallest absolute Gasteiger partial charge is 0.335 e. The Balaban J connectivity index is 3.00. The molecule has 0 fully saturated rings. The van der Waals surface area contributed by atoms with E-state index in [1.54, 1.807) is 0 Å². The average molecular weight is 258 g/mol. The van der Waals surface area contributed by atoms with Crippen molar-refractivity contribution in [2.75, 3.05) is 7.11 Å². The highest BCUT2D eigenvalue weighted by Crippen LogP contribution is 2.25. The summed E-state index contributed by atoms with van der Waals surface area (Å²) in [6.07, 6.45) is -2.76. The van der Waals surface area contributed by atoms with E-state index >= 15 is 0 Å². The van der Waals surface area contributed by atoms with Gasteiger partial charge in [0.2, 0.25) is 0 Å². The van der Waals surface area contributed by atoms with Crippen LogP contribution in [-0.2, 0) is 16.0 Å². The van der Waals surface area contributed by atoms with Crippen molar-refractivity contribution < 1.29 is 28.2 Å². The fourth-order valence-electron chi connectivity index (χ4n) is 1.51. The van der Waals surface area contributed by atoms with E-state index in [9.17, 15) is 18.4 Å². The summed E-state index contributed by atoms with van der Waals surface area (Å²) < 4.78 is 29.8. The number of hydrogen-bond donors (Lipinski definition) is 1. The van der Waals surface area contributed by atoms with Crippen LogP contribution in [0.3, 0.4) is 0 Å². The molecule has 1 aromatic rings. The molecule has 0 unspecified atom stereocenters. The van der Waals surface area contributed by atoms with Gasteiger partial charge in [-0.15, -0.1) is 0 Å². The molecule has 0 amide bonds. The number of aromatic carboxylic acids is 1. The molecule has 0 aliphatic heterocycles. The summed E-state index contributed by atoms with van der Waals surface area (Å²) in [4.78, 5) is 21.7. The van der Waals surface area contributed by atoms with Crippen LogP contribution in [0.2, 0.25) is 0 Å². The Labute approximate surface area is 102 Å². The van der Waals surface area contributed by atoms with Gasteiger partial charge in [0.25, 0.3) is 6.43 Å². The molecule has 18 heavy (non-hydrogen) atoms. The highest BCUT2D eigenvalue weighted by molar-refractivity contribution is 5.88. The van der Waals surface area contributed by atoms with Crippen LogP contribution in [0.1, 0.15) is 34.3 Å². The maximum Gasteiger partial charge on any atom is 0.335 e. The lowest BCUT2D eigenvalue weighted by Crippen LogP contribution is -2.06. The Kier molecular flexibility index (Phi) is 4.76. The van der Waals surface area contributed by atoms with Crippen LogP contribution in [0.25, 0.3) is 0 Å². The molecular formula is C12H12F2O4. The first-order valence-corrected chi connectivity index (χ1v) is 5.16. The number of carbonyl (C=O) groups is 2. The van der Waals surface area contributed by atoms with E-state index in [-0.39, 0.29) is 29.5 Å². The lowest BCUT2D eigenvalue weighted by Gasteiger charge is -2.09. The number of aryl methyl sites for hydroxylation is 1. The average Bonchev–Trinajstić information content (AvgIpc) is 2.35. The van der Waals surface area contributed by atoms with E-state index in [1.165, 1.54) is 7.11 Å². The summed E-state index contributed by atoms with van der Waals surface area (Å²) in [7, 11) is 1.20. The summed E-state index contributed by atoms with van der Waals surface area (Å²) in [5, 5.41) is 8.78. The number of ether oxygens (including phenoxy) is 1. The summed E-state index contributed by atoms with van der Waals surface area (Å²) in [5.74, 6) is -1.73. The van der Waals surface area contributed by atoms with Crippen LogP contribution >= 0.6 is 0 Å². The fourth-order valence-corrected chi connectivity index (χ4v) is 1.51. The van der Waals surface area contributed by atoms with E-state index < -0.39 is 18.4 Å². The van der Waals surface area contributed by atoms with Crippen LogP contribution < -0.4 is 0 Å². The first-order valence-electron chi connectivity index (χ1n) is 5.16. The molecule has 0 aromatic heterocycles. The van der Waals surface area contributed by atoms with Crippen molar-refractivity contribution in [1.29, 1.82) is 0 Å². The zero-order valence-electron chi connectivity index (χ0n) is 9.65. The third-order valence-electron chi connectivity index (χ3n) is 2.45. The van der Waals surface area contributed by atoms with Crippen molar-refractivity contribution in [3.8, 4) is 0 Å². The zero-order valence-corrected chi connectivity index (χ0v) is 9.65. The van der Waals surface area contributed by atoms with Gasteiger partial charge in [-0.2, -0.15) is 0 Å². The molecule has 6 heteroatoms. The lowest BCUT2D eigenvalue weighted by atomic mass is 10.00. The standard InChI is InChI=1S/C12H12F2O4/c1-18-10(15)5-3-7-6-8(12(16)17)2-4-9(7)11(13)14/h2,4,6,11H,3,5H2,1H3,(H,16,17). The molecule has 0 aliphatic carbocycles. The molecule has 1 aromatic carbocycles. The Morgan fingerprint density at radius 2 is 2.06 bits per heavy atom. The van der Waals surface area contributed by atoms with Crippen molar-refractivity contribution in [1.82, 2.24) is 0 Å². The van der Waals surface area contributed by atoms with Crippen molar-refractivity contribution in [2.24, 2.45) is 0 Å². The molecule has 4 nitrogen and oxygen atoms in total. The lowest BCUT2D eigenvalue weighted by molar-refractivity contribution is -0.140. The molecule has 0 heterocycles. The number of carboxylic acid groups (broad SMARTS) is 1. The first-order chi connectivity index (χ1) is 8.45. The van der Waals surface area contributed by atoms with E-state index in [4.69, 9.17) is 5.11 Å². The van der Waals surface area contributed by atoms with Gasteiger partial charge >= 0.3 is 11.9 Å². The molecule has 0 bridgehead atoms. The summed E-state index contributed by atoms with van der Waals surface area (Å²) in [5.41, 5.74) is -0.196. The van der Waals surface area contributed by atoms with Gasteiger partial charge in [0.05, 0.1) is 12.7 Å². The predicted molar refractivity (Wildman–Crippen MR) is 58.7 cm³/mol. The fraction of sp³-hybridized carbons (Fsp3) is 0.333. The van der Waals surface area contributed by atoms with Gasteiger partial charge in [0, 0.05) is 12.0 Å².